The lowest BCUT2D eigenvalue weighted by Crippen LogP contribution is -2.06. The summed E-state index contributed by atoms with van der Waals surface area (Å²) in [4.78, 5) is 0. The van der Waals surface area contributed by atoms with Crippen molar-refractivity contribution >= 4 is 11.6 Å². The van der Waals surface area contributed by atoms with E-state index in [0.29, 0.717) is 5.75 Å². The SMILES string of the molecule is COc1ccc(C(Cl)c2ccccc2OC(F)F)c(F)c1. The van der Waals surface area contributed by atoms with E-state index in [1.807, 2.05) is 0 Å². The molecule has 0 bridgehead atoms. The Kier molecular flexibility index (Phi) is 4.96. The largest absolute Gasteiger partial charge is 0.497 e. The second kappa shape index (κ2) is 6.72. The first kappa shape index (κ1) is 15.5. The van der Waals surface area contributed by atoms with E-state index < -0.39 is 17.8 Å². The zero-order valence-corrected chi connectivity index (χ0v) is 11.8. The highest BCUT2D eigenvalue weighted by molar-refractivity contribution is 6.22. The highest BCUT2D eigenvalue weighted by Gasteiger charge is 2.20. The van der Waals surface area contributed by atoms with Gasteiger partial charge in [-0.1, -0.05) is 24.3 Å². The molecule has 0 heterocycles. The van der Waals surface area contributed by atoms with E-state index in [4.69, 9.17) is 16.3 Å². The number of para-hydroxylation sites is 1. The quantitative estimate of drug-likeness (QED) is 0.740. The summed E-state index contributed by atoms with van der Waals surface area (Å²) in [7, 11) is 1.42. The van der Waals surface area contributed by atoms with Gasteiger partial charge < -0.3 is 9.47 Å². The number of ether oxygens (including phenoxy) is 2. The van der Waals surface area contributed by atoms with E-state index in [2.05, 4.69) is 4.74 Å². The van der Waals surface area contributed by atoms with E-state index in [1.165, 1.54) is 37.4 Å². The summed E-state index contributed by atoms with van der Waals surface area (Å²) < 4.78 is 48.1. The van der Waals surface area contributed by atoms with Gasteiger partial charge in [-0.05, 0) is 12.1 Å². The zero-order valence-electron chi connectivity index (χ0n) is 11.0. The topological polar surface area (TPSA) is 18.5 Å². The maximum Gasteiger partial charge on any atom is 0.387 e. The van der Waals surface area contributed by atoms with Crippen molar-refractivity contribution in [3.05, 3.63) is 59.4 Å². The Morgan fingerprint density at radius 3 is 2.38 bits per heavy atom. The minimum atomic E-state index is -2.98. The summed E-state index contributed by atoms with van der Waals surface area (Å²) in [6.07, 6.45) is 0. The van der Waals surface area contributed by atoms with Gasteiger partial charge in [0.05, 0.1) is 12.5 Å². The van der Waals surface area contributed by atoms with Crippen LogP contribution in [-0.4, -0.2) is 13.7 Å². The van der Waals surface area contributed by atoms with Crippen LogP contribution in [0.1, 0.15) is 16.5 Å². The molecule has 0 N–H and O–H groups in total. The Morgan fingerprint density at radius 1 is 1.05 bits per heavy atom. The van der Waals surface area contributed by atoms with Crippen LogP contribution in [0.5, 0.6) is 11.5 Å². The van der Waals surface area contributed by atoms with Crippen molar-refractivity contribution in [3.63, 3.8) is 0 Å². The van der Waals surface area contributed by atoms with Gasteiger partial charge in [-0.3, -0.25) is 0 Å². The Hall–Kier alpha value is -1.88. The molecule has 21 heavy (non-hydrogen) atoms. The van der Waals surface area contributed by atoms with Crippen LogP contribution in [-0.2, 0) is 0 Å². The molecule has 6 heteroatoms. The van der Waals surface area contributed by atoms with Gasteiger partial charge in [0.2, 0.25) is 0 Å². The third-order valence-electron chi connectivity index (χ3n) is 2.89. The number of hydrogen-bond donors (Lipinski definition) is 0. The van der Waals surface area contributed by atoms with Crippen LogP contribution in [0.15, 0.2) is 42.5 Å². The lowest BCUT2D eigenvalue weighted by atomic mass is 10.0. The van der Waals surface area contributed by atoms with Gasteiger partial charge in [-0.15, -0.1) is 11.6 Å². The van der Waals surface area contributed by atoms with E-state index >= 15 is 0 Å². The highest BCUT2D eigenvalue weighted by atomic mass is 35.5. The molecule has 0 aliphatic heterocycles. The predicted molar refractivity (Wildman–Crippen MR) is 73.7 cm³/mol. The summed E-state index contributed by atoms with van der Waals surface area (Å²) >= 11 is 6.22. The van der Waals surface area contributed by atoms with E-state index in [-0.39, 0.29) is 16.9 Å². The summed E-state index contributed by atoms with van der Waals surface area (Å²) in [5.74, 6) is -0.318. The first-order valence-corrected chi connectivity index (χ1v) is 6.48. The van der Waals surface area contributed by atoms with Gasteiger partial charge in [0.15, 0.2) is 0 Å². The molecular weight excluding hydrogens is 305 g/mol. The molecule has 0 saturated heterocycles. The first-order valence-electron chi connectivity index (χ1n) is 6.04. The molecule has 1 unspecified atom stereocenters. The van der Waals surface area contributed by atoms with Crippen molar-refractivity contribution < 1.29 is 22.6 Å². The standard InChI is InChI=1S/C15H12ClF3O2/c1-20-9-6-7-10(12(17)8-9)14(16)11-4-2-3-5-13(11)21-15(18)19/h2-8,14-15H,1H3. The molecule has 0 saturated carbocycles. The molecule has 0 aliphatic carbocycles. The second-order valence-electron chi connectivity index (χ2n) is 4.17. The van der Waals surface area contributed by atoms with E-state index in [9.17, 15) is 13.2 Å². The van der Waals surface area contributed by atoms with Gasteiger partial charge in [0.25, 0.3) is 0 Å². The zero-order chi connectivity index (χ0) is 15.4. The summed E-state index contributed by atoms with van der Waals surface area (Å²) in [5, 5.41) is -0.953. The van der Waals surface area contributed by atoms with Crippen molar-refractivity contribution in [1.29, 1.82) is 0 Å². The monoisotopic (exact) mass is 316 g/mol. The predicted octanol–water partition coefficient (Wildman–Crippen LogP) is 4.76. The molecule has 0 aliphatic rings. The molecule has 2 aromatic rings. The maximum absolute atomic E-state index is 14.0. The summed E-state index contributed by atoms with van der Waals surface area (Å²) in [5.41, 5.74) is 0.423. The van der Waals surface area contributed by atoms with Crippen LogP contribution in [0.2, 0.25) is 0 Å². The molecule has 0 spiro atoms. The summed E-state index contributed by atoms with van der Waals surface area (Å²) in [6.45, 7) is -2.98. The number of hydrogen-bond acceptors (Lipinski definition) is 2. The Labute approximate surface area is 125 Å². The minimum absolute atomic E-state index is 0.0808. The Morgan fingerprint density at radius 2 is 1.76 bits per heavy atom. The van der Waals surface area contributed by atoms with Crippen LogP contribution in [0.4, 0.5) is 13.2 Å². The van der Waals surface area contributed by atoms with Crippen LogP contribution in [0, 0.1) is 5.82 Å². The van der Waals surface area contributed by atoms with Gasteiger partial charge in [0, 0.05) is 17.2 Å². The Bertz CT molecular complexity index is 620. The second-order valence-corrected chi connectivity index (χ2v) is 4.60. The molecule has 1 atom stereocenters. The molecule has 2 aromatic carbocycles. The molecule has 2 rings (SSSR count). The summed E-state index contributed by atoms with van der Waals surface area (Å²) in [6, 6.07) is 10.2. The van der Waals surface area contributed by atoms with Crippen LogP contribution in [0.3, 0.4) is 0 Å². The third-order valence-corrected chi connectivity index (χ3v) is 3.36. The average Bonchev–Trinajstić information content (AvgIpc) is 2.46. The fourth-order valence-corrected chi connectivity index (χ4v) is 2.26. The highest BCUT2D eigenvalue weighted by Crippen LogP contribution is 2.37. The van der Waals surface area contributed by atoms with Gasteiger partial charge in [-0.25, -0.2) is 4.39 Å². The van der Waals surface area contributed by atoms with Crippen molar-refractivity contribution in [2.75, 3.05) is 7.11 Å². The fourth-order valence-electron chi connectivity index (χ4n) is 1.90. The normalized spacial score (nSPS) is 12.3. The lowest BCUT2D eigenvalue weighted by Gasteiger charge is -2.16. The Balaban J connectivity index is 2.38. The lowest BCUT2D eigenvalue weighted by molar-refractivity contribution is -0.0504. The number of methoxy groups -OCH3 is 1. The fraction of sp³-hybridized carbons (Fsp3) is 0.200. The first-order chi connectivity index (χ1) is 10.0. The van der Waals surface area contributed by atoms with Crippen molar-refractivity contribution in [3.8, 4) is 11.5 Å². The van der Waals surface area contributed by atoms with Gasteiger partial charge >= 0.3 is 6.61 Å². The molecule has 2 nitrogen and oxygen atoms in total. The molecule has 0 amide bonds. The van der Waals surface area contributed by atoms with E-state index in [1.54, 1.807) is 12.1 Å². The third kappa shape index (κ3) is 3.61. The number of rotatable bonds is 5. The number of halogens is 4. The van der Waals surface area contributed by atoms with Crippen LogP contribution < -0.4 is 9.47 Å². The van der Waals surface area contributed by atoms with Crippen LogP contribution in [0.25, 0.3) is 0 Å². The maximum atomic E-state index is 14.0. The molecule has 112 valence electrons. The number of benzene rings is 2. The van der Waals surface area contributed by atoms with Crippen LogP contribution >= 0.6 is 11.6 Å². The van der Waals surface area contributed by atoms with Gasteiger partial charge in [-0.2, -0.15) is 8.78 Å². The van der Waals surface area contributed by atoms with E-state index in [0.717, 1.165) is 0 Å². The smallest absolute Gasteiger partial charge is 0.387 e. The van der Waals surface area contributed by atoms with Gasteiger partial charge in [0.1, 0.15) is 17.3 Å². The minimum Gasteiger partial charge on any atom is -0.497 e. The van der Waals surface area contributed by atoms with Crippen molar-refractivity contribution in [1.82, 2.24) is 0 Å². The molecule has 0 radical (unpaired) electrons. The average molecular weight is 317 g/mol. The molecule has 0 fully saturated rings. The van der Waals surface area contributed by atoms with Crippen molar-refractivity contribution in [2.24, 2.45) is 0 Å². The molecular formula is C15H12ClF3O2. The van der Waals surface area contributed by atoms with Crippen molar-refractivity contribution in [2.45, 2.75) is 12.0 Å². The molecule has 0 aromatic heterocycles. The number of alkyl halides is 3.